The number of morpholine rings is 1. The third-order valence-corrected chi connectivity index (χ3v) is 1.84. The Morgan fingerprint density at radius 3 is 2.85 bits per heavy atom. The van der Waals surface area contributed by atoms with E-state index in [0.717, 1.165) is 0 Å². The number of amides is 2. The zero-order valence-electron chi connectivity index (χ0n) is 7.32. The normalized spacial score (nSPS) is 22.5. The minimum absolute atomic E-state index is 0.106. The fourth-order valence-corrected chi connectivity index (χ4v) is 1.14. The van der Waals surface area contributed by atoms with Crippen LogP contribution in [0.1, 0.15) is 0 Å². The van der Waals surface area contributed by atoms with Gasteiger partial charge in [-0.1, -0.05) is 0 Å². The number of urea groups is 1. The summed E-state index contributed by atoms with van der Waals surface area (Å²) in [7, 11) is 1.51. The van der Waals surface area contributed by atoms with E-state index in [0.29, 0.717) is 6.54 Å². The average Bonchev–Trinajstić information content (AvgIpc) is 2.17. The number of rotatable bonds is 1. The number of nitrogens with zero attached hydrogens (tertiary/aromatic N) is 1. The monoisotopic (exact) mass is 188 g/mol. The summed E-state index contributed by atoms with van der Waals surface area (Å²) in [5.74, 6) is -1.03. The van der Waals surface area contributed by atoms with Gasteiger partial charge >= 0.3 is 12.0 Å². The number of hydrogen-bond acceptors (Lipinski definition) is 3. The van der Waals surface area contributed by atoms with E-state index in [9.17, 15) is 9.59 Å². The van der Waals surface area contributed by atoms with Crippen LogP contribution >= 0.6 is 0 Å². The molecule has 0 aromatic carbocycles. The second-order valence-corrected chi connectivity index (χ2v) is 2.70. The van der Waals surface area contributed by atoms with E-state index < -0.39 is 12.1 Å². The molecule has 1 aliphatic rings. The SMILES string of the molecule is CNC(=O)N1CCOC(C(=O)O)C1. The van der Waals surface area contributed by atoms with Gasteiger partial charge in [0.15, 0.2) is 6.10 Å². The molecule has 0 radical (unpaired) electrons. The van der Waals surface area contributed by atoms with E-state index in [1.54, 1.807) is 0 Å². The molecule has 1 aliphatic heterocycles. The number of aliphatic carboxylic acids is 1. The molecule has 0 aromatic rings. The van der Waals surface area contributed by atoms with Crippen molar-refractivity contribution in [1.29, 1.82) is 0 Å². The number of carboxylic acid groups (broad SMARTS) is 1. The summed E-state index contributed by atoms with van der Waals surface area (Å²) in [6.07, 6.45) is -0.897. The first-order valence-corrected chi connectivity index (χ1v) is 3.96. The van der Waals surface area contributed by atoms with Crippen molar-refractivity contribution < 1.29 is 19.4 Å². The number of ether oxygens (including phenoxy) is 1. The molecule has 2 amide bonds. The molecule has 6 nitrogen and oxygen atoms in total. The molecule has 6 heteroatoms. The van der Waals surface area contributed by atoms with Gasteiger partial charge in [0.2, 0.25) is 0 Å². The molecular weight excluding hydrogens is 176 g/mol. The van der Waals surface area contributed by atoms with Crippen LogP contribution in [0.25, 0.3) is 0 Å². The number of carboxylic acids is 1. The smallest absolute Gasteiger partial charge is 0.334 e. The maximum atomic E-state index is 11.1. The Labute approximate surface area is 75.5 Å². The molecule has 1 fully saturated rings. The molecule has 0 saturated carbocycles. The highest BCUT2D eigenvalue weighted by Gasteiger charge is 2.28. The highest BCUT2D eigenvalue weighted by Crippen LogP contribution is 2.04. The Morgan fingerprint density at radius 2 is 2.31 bits per heavy atom. The lowest BCUT2D eigenvalue weighted by Gasteiger charge is -2.30. The van der Waals surface area contributed by atoms with Crippen LogP contribution in [0.2, 0.25) is 0 Å². The Morgan fingerprint density at radius 1 is 1.62 bits per heavy atom. The lowest BCUT2D eigenvalue weighted by molar-refractivity contribution is -0.154. The molecular formula is C7H12N2O4. The predicted octanol–water partition coefficient (Wildman–Crippen LogP) is -0.889. The molecule has 74 valence electrons. The highest BCUT2D eigenvalue weighted by molar-refractivity contribution is 5.77. The molecule has 2 N–H and O–H groups in total. The molecule has 1 heterocycles. The zero-order chi connectivity index (χ0) is 9.84. The molecule has 0 aromatic heterocycles. The van der Waals surface area contributed by atoms with Crippen LogP contribution in [0.5, 0.6) is 0 Å². The van der Waals surface area contributed by atoms with E-state index in [1.165, 1.54) is 11.9 Å². The zero-order valence-corrected chi connectivity index (χ0v) is 7.32. The van der Waals surface area contributed by atoms with Gasteiger partial charge in [-0.25, -0.2) is 9.59 Å². The number of carbonyl (C=O) groups is 2. The molecule has 0 spiro atoms. The van der Waals surface area contributed by atoms with Crippen LogP contribution < -0.4 is 5.32 Å². The molecule has 1 unspecified atom stereocenters. The first-order chi connectivity index (χ1) is 6.15. The Hall–Kier alpha value is -1.30. The van der Waals surface area contributed by atoms with E-state index in [-0.39, 0.29) is 19.2 Å². The largest absolute Gasteiger partial charge is 0.479 e. The summed E-state index contributed by atoms with van der Waals surface area (Å²) in [5, 5.41) is 11.1. The van der Waals surface area contributed by atoms with Crippen molar-refractivity contribution in [2.75, 3.05) is 26.7 Å². The average molecular weight is 188 g/mol. The first-order valence-electron chi connectivity index (χ1n) is 3.96. The summed E-state index contributed by atoms with van der Waals surface area (Å²) < 4.78 is 4.94. The van der Waals surface area contributed by atoms with Crippen molar-refractivity contribution >= 4 is 12.0 Å². The molecule has 1 atom stereocenters. The third-order valence-electron chi connectivity index (χ3n) is 1.84. The summed E-state index contributed by atoms with van der Waals surface area (Å²) >= 11 is 0. The molecule has 1 rings (SSSR count). The van der Waals surface area contributed by atoms with Crippen molar-refractivity contribution in [3.05, 3.63) is 0 Å². The Kier molecular flexibility index (Phi) is 3.07. The number of nitrogens with one attached hydrogen (secondary N) is 1. The van der Waals surface area contributed by atoms with Gasteiger partial charge in [0.05, 0.1) is 13.2 Å². The lowest BCUT2D eigenvalue weighted by atomic mass is 10.3. The summed E-state index contributed by atoms with van der Waals surface area (Å²) in [6, 6.07) is -0.269. The number of carbonyl (C=O) groups excluding carboxylic acids is 1. The van der Waals surface area contributed by atoms with Gasteiger partial charge in [0.1, 0.15) is 0 Å². The van der Waals surface area contributed by atoms with Crippen molar-refractivity contribution in [3.8, 4) is 0 Å². The molecule has 13 heavy (non-hydrogen) atoms. The van der Waals surface area contributed by atoms with E-state index in [1.807, 2.05) is 0 Å². The summed E-state index contributed by atoms with van der Waals surface area (Å²) in [6.45, 7) is 0.808. The maximum Gasteiger partial charge on any atom is 0.334 e. The van der Waals surface area contributed by atoms with Gasteiger partial charge in [-0.05, 0) is 0 Å². The molecule has 0 bridgehead atoms. The lowest BCUT2D eigenvalue weighted by Crippen LogP contribution is -2.51. The van der Waals surface area contributed by atoms with E-state index in [2.05, 4.69) is 5.32 Å². The van der Waals surface area contributed by atoms with Gasteiger partial charge in [-0.15, -0.1) is 0 Å². The van der Waals surface area contributed by atoms with Gasteiger partial charge in [0.25, 0.3) is 0 Å². The minimum atomic E-state index is -1.03. The van der Waals surface area contributed by atoms with Crippen molar-refractivity contribution in [1.82, 2.24) is 10.2 Å². The van der Waals surface area contributed by atoms with Crippen LogP contribution in [-0.2, 0) is 9.53 Å². The minimum Gasteiger partial charge on any atom is -0.479 e. The van der Waals surface area contributed by atoms with Gasteiger partial charge in [-0.3, -0.25) is 0 Å². The van der Waals surface area contributed by atoms with Crippen LogP contribution in [-0.4, -0.2) is 54.9 Å². The molecule has 0 aliphatic carbocycles. The second-order valence-electron chi connectivity index (χ2n) is 2.70. The van der Waals surface area contributed by atoms with Gasteiger partial charge < -0.3 is 20.1 Å². The first kappa shape index (κ1) is 9.79. The van der Waals surface area contributed by atoms with Crippen molar-refractivity contribution in [3.63, 3.8) is 0 Å². The second kappa shape index (κ2) is 4.08. The Balaban J connectivity index is 2.51. The van der Waals surface area contributed by atoms with Gasteiger partial charge in [-0.2, -0.15) is 0 Å². The van der Waals surface area contributed by atoms with Crippen LogP contribution in [0, 0.1) is 0 Å². The van der Waals surface area contributed by atoms with Crippen molar-refractivity contribution in [2.45, 2.75) is 6.10 Å². The van der Waals surface area contributed by atoms with E-state index >= 15 is 0 Å². The van der Waals surface area contributed by atoms with E-state index in [4.69, 9.17) is 9.84 Å². The fraction of sp³-hybridized carbons (Fsp3) is 0.714. The van der Waals surface area contributed by atoms with Crippen molar-refractivity contribution in [2.24, 2.45) is 0 Å². The summed E-state index contributed by atoms with van der Waals surface area (Å²) in [5.41, 5.74) is 0. The number of hydrogen-bond donors (Lipinski definition) is 2. The standard InChI is InChI=1S/C7H12N2O4/c1-8-7(12)9-2-3-13-5(4-9)6(10)11/h5H,2-4H2,1H3,(H,8,12)(H,10,11). The quantitative estimate of drug-likeness (QED) is 0.559. The van der Waals surface area contributed by atoms with Crippen LogP contribution in [0.4, 0.5) is 4.79 Å². The maximum absolute atomic E-state index is 11.1. The predicted molar refractivity (Wildman–Crippen MR) is 43.4 cm³/mol. The topological polar surface area (TPSA) is 78.9 Å². The third kappa shape index (κ3) is 2.32. The molecule has 1 saturated heterocycles. The fourth-order valence-electron chi connectivity index (χ4n) is 1.14. The summed E-state index contributed by atoms with van der Waals surface area (Å²) in [4.78, 5) is 23.0. The Bertz CT molecular complexity index is 219. The van der Waals surface area contributed by atoms with Crippen LogP contribution in [0.3, 0.4) is 0 Å². The van der Waals surface area contributed by atoms with Crippen LogP contribution in [0.15, 0.2) is 0 Å². The highest BCUT2D eigenvalue weighted by atomic mass is 16.5. The van der Waals surface area contributed by atoms with Gasteiger partial charge in [0, 0.05) is 13.6 Å².